The van der Waals surface area contributed by atoms with Gasteiger partial charge >= 0.3 is 0 Å². The third-order valence-electron chi connectivity index (χ3n) is 5.00. The number of hydrogen-bond acceptors (Lipinski definition) is 5. The molecule has 0 unspecified atom stereocenters. The van der Waals surface area contributed by atoms with E-state index < -0.39 is 0 Å². The van der Waals surface area contributed by atoms with Gasteiger partial charge in [-0.05, 0) is 37.3 Å². The number of rotatable bonds is 5. The summed E-state index contributed by atoms with van der Waals surface area (Å²) in [5.74, 6) is 0.428. The number of aromatic nitrogens is 1. The number of amides is 1. The molecule has 0 saturated carbocycles. The largest absolute Gasteiger partial charge is 0.381 e. The normalized spacial score (nSPS) is 14.9. The van der Waals surface area contributed by atoms with Crippen LogP contribution >= 0.6 is 22.9 Å². The van der Waals surface area contributed by atoms with Crippen molar-refractivity contribution in [1.82, 2.24) is 10.1 Å². The maximum Gasteiger partial charge on any atom is 0.260 e. The Balaban J connectivity index is 1.72. The number of carbonyl (C=O) groups excluding carboxylic acids is 1. The highest BCUT2D eigenvalue weighted by Crippen LogP contribution is 2.33. The molecule has 28 heavy (non-hydrogen) atoms. The number of carbonyl (C=O) groups is 1. The number of ether oxygens (including phenoxy) is 1. The third kappa shape index (κ3) is 3.85. The summed E-state index contributed by atoms with van der Waals surface area (Å²) in [6.45, 7) is 3.67. The Kier molecular flexibility index (Phi) is 5.80. The van der Waals surface area contributed by atoms with Crippen LogP contribution in [-0.2, 0) is 11.3 Å². The van der Waals surface area contributed by atoms with Gasteiger partial charge < -0.3 is 14.2 Å². The Morgan fingerprint density at radius 3 is 2.75 bits per heavy atom. The fourth-order valence-corrected chi connectivity index (χ4v) is 4.47. The van der Waals surface area contributed by atoms with Gasteiger partial charge in [-0.15, -0.1) is 11.3 Å². The van der Waals surface area contributed by atoms with Crippen LogP contribution in [0.2, 0.25) is 5.02 Å². The zero-order valence-electron chi connectivity index (χ0n) is 15.6. The summed E-state index contributed by atoms with van der Waals surface area (Å²) in [4.78, 5) is 16.8. The fraction of sp³-hybridized carbons (Fsp3) is 0.333. The van der Waals surface area contributed by atoms with Gasteiger partial charge in [-0.1, -0.05) is 41.0 Å². The van der Waals surface area contributed by atoms with Crippen molar-refractivity contribution in [3.63, 3.8) is 0 Å². The van der Waals surface area contributed by atoms with Crippen molar-refractivity contribution in [3.8, 4) is 11.3 Å². The molecule has 1 saturated heterocycles. The number of aryl methyl sites for hydroxylation is 1. The Morgan fingerprint density at radius 1 is 1.25 bits per heavy atom. The highest BCUT2D eigenvalue weighted by atomic mass is 35.5. The first kappa shape index (κ1) is 19.2. The SMILES string of the molecule is Cc1onc(-c2ccccc2Cl)c1C(=O)N(Cc1cccs1)C1CCOCC1. The average Bonchev–Trinajstić information content (AvgIpc) is 3.36. The fourth-order valence-electron chi connectivity index (χ4n) is 3.54. The zero-order valence-corrected chi connectivity index (χ0v) is 17.1. The van der Waals surface area contributed by atoms with Crippen LogP contribution in [0.3, 0.4) is 0 Å². The Labute approximate surface area is 172 Å². The lowest BCUT2D eigenvalue weighted by molar-refractivity contribution is 0.0269. The van der Waals surface area contributed by atoms with Gasteiger partial charge in [0.1, 0.15) is 17.0 Å². The predicted octanol–water partition coefficient (Wildman–Crippen LogP) is 5.19. The Hall–Kier alpha value is -2.15. The van der Waals surface area contributed by atoms with Crippen molar-refractivity contribution in [2.24, 2.45) is 0 Å². The molecular formula is C21H21ClN2O3S. The van der Waals surface area contributed by atoms with Crippen LogP contribution in [0.15, 0.2) is 46.3 Å². The van der Waals surface area contributed by atoms with Gasteiger partial charge in [-0.25, -0.2) is 0 Å². The van der Waals surface area contributed by atoms with E-state index in [9.17, 15) is 4.79 Å². The van der Waals surface area contributed by atoms with E-state index in [0.717, 1.165) is 17.7 Å². The van der Waals surface area contributed by atoms with Gasteiger partial charge in [0, 0.05) is 29.7 Å². The summed E-state index contributed by atoms with van der Waals surface area (Å²) in [6.07, 6.45) is 1.64. The first-order valence-corrected chi connectivity index (χ1v) is 10.5. The van der Waals surface area contributed by atoms with Gasteiger partial charge in [-0.2, -0.15) is 0 Å². The van der Waals surface area contributed by atoms with Crippen LogP contribution in [0.5, 0.6) is 0 Å². The molecule has 1 aliphatic rings. The topological polar surface area (TPSA) is 55.6 Å². The lowest BCUT2D eigenvalue weighted by Gasteiger charge is -2.34. The van der Waals surface area contributed by atoms with Crippen molar-refractivity contribution in [2.75, 3.05) is 13.2 Å². The molecule has 146 valence electrons. The summed E-state index contributed by atoms with van der Waals surface area (Å²) in [5, 5.41) is 6.74. The van der Waals surface area contributed by atoms with Gasteiger partial charge in [0.15, 0.2) is 0 Å². The van der Waals surface area contributed by atoms with Gasteiger partial charge in [-0.3, -0.25) is 4.79 Å². The van der Waals surface area contributed by atoms with Crippen LogP contribution in [0.25, 0.3) is 11.3 Å². The second kappa shape index (κ2) is 8.47. The van der Waals surface area contributed by atoms with Gasteiger partial charge in [0.2, 0.25) is 0 Å². The first-order valence-electron chi connectivity index (χ1n) is 9.27. The predicted molar refractivity (Wildman–Crippen MR) is 110 cm³/mol. The molecule has 0 spiro atoms. The van der Waals surface area contributed by atoms with E-state index in [0.29, 0.717) is 47.4 Å². The summed E-state index contributed by atoms with van der Waals surface area (Å²) < 4.78 is 10.9. The van der Waals surface area contributed by atoms with E-state index in [-0.39, 0.29) is 11.9 Å². The van der Waals surface area contributed by atoms with Crippen LogP contribution < -0.4 is 0 Å². The van der Waals surface area contributed by atoms with Crippen molar-refractivity contribution < 1.29 is 14.1 Å². The molecule has 4 rings (SSSR count). The summed E-state index contributed by atoms with van der Waals surface area (Å²) in [5.41, 5.74) is 1.68. The second-order valence-electron chi connectivity index (χ2n) is 6.80. The van der Waals surface area contributed by atoms with Crippen molar-refractivity contribution in [1.29, 1.82) is 0 Å². The molecular weight excluding hydrogens is 396 g/mol. The van der Waals surface area contributed by atoms with E-state index in [1.165, 1.54) is 0 Å². The quantitative estimate of drug-likeness (QED) is 0.574. The maximum atomic E-state index is 13.7. The highest BCUT2D eigenvalue weighted by Gasteiger charge is 2.32. The second-order valence-corrected chi connectivity index (χ2v) is 8.24. The molecule has 7 heteroatoms. The van der Waals surface area contributed by atoms with E-state index in [2.05, 4.69) is 11.2 Å². The highest BCUT2D eigenvalue weighted by molar-refractivity contribution is 7.09. The number of halogens is 1. The average molecular weight is 417 g/mol. The van der Waals surface area contributed by atoms with E-state index in [1.54, 1.807) is 24.3 Å². The molecule has 2 aromatic heterocycles. The van der Waals surface area contributed by atoms with Crippen LogP contribution in [0, 0.1) is 6.92 Å². The zero-order chi connectivity index (χ0) is 19.5. The number of hydrogen-bond donors (Lipinski definition) is 0. The van der Waals surface area contributed by atoms with Crippen molar-refractivity contribution in [2.45, 2.75) is 32.4 Å². The molecule has 3 aromatic rings. The lowest BCUT2D eigenvalue weighted by Crippen LogP contribution is -2.43. The molecule has 1 fully saturated rings. The van der Waals surface area contributed by atoms with Crippen LogP contribution in [-0.4, -0.2) is 35.2 Å². The molecule has 0 atom stereocenters. The smallest absolute Gasteiger partial charge is 0.260 e. The van der Waals surface area contributed by atoms with Gasteiger partial charge in [0.25, 0.3) is 5.91 Å². The minimum atomic E-state index is -0.0750. The molecule has 1 aromatic carbocycles. The lowest BCUT2D eigenvalue weighted by atomic mass is 10.0. The molecule has 0 radical (unpaired) electrons. The molecule has 1 amide bonds. The molecule has 5 nitrogen and oxygen atoms in total. The van der Waals surface area contributed by atoms with Crippen LogP contribution in [0.1, 0.15) is 33.8 Å². The maximum absolute atomic E-state index is 13.7. The van der Waals surface area contributed by atoms with Crippen molar-refractivity contribution in [3.05, 3.63) is 63.0 Å². The standard InChI is InChI=1S/C21H21ClN2O3S/c1-14-19(20(23-27-14)17-6-2-3-7-18(17)22)21(25)24(13-16-5-4-12-28-16)15-8-10-26-11-9-15/h2-7,12,15H,8-11,13H2,1H3. The Morgan fingerprint density at radius 2 is 2.04 bits per heavy atom. The first-order chi connectivity index (χ1) is 13.6. The Bertz CT molecular complexity index is 948. The minimum absolute atomic E-state index is 0.0750. The van der Waals surface area contributed by atoms with Crippen molar-refractivity contribution >= 4 is 28.8 Å². The minimum Gasteiger partial charge on any atom is -0.381 e. The summed E-state index contributed by atoms with van der Waals surface area (Å²) in [6, 6.07) is 11.6. The van der Waals surface area contributed by atoms with E-state index in [4.69, 9.17) is 20.9 Å². The van der Waals surface area contributed by atoms with Crippen LogP contribution in [0.4, 0.5) is 0 Å². The monoisotopic (exact) mass is 416 g/mol. The summed E-state index contributed by atoms with van der Waals surface area (Å²) in [7, 11) is 0. The molecule has 0 bridgehead atoms. The molecule has 0 N–H and O–H groups in total. The van der Waals surface area contributed by atoms with Gasteiger partial charge in [0.05, 0.1) is 11.6 Å². The summed E-state index contributed by atoms with van der Waals surface area (Å²) >= 11 is 8.02. The number of nitrogens with zero attached hydrogens (tertiary/aromatic N) is 2. The van der Waals surface area contributed by atoms with E-state index >= 15 is 0 Å². The molecule has 1 aliphatic heterocycles. The third-order valence-corrected chi connectivity index (χ3v) is 6.20. The van der Waals surface area contributed by atoms with E-state index in [1.807, 2.05) is 34.5 Å². The molecule has 0 aliphatic carbocycles. The molecule has 3 heterocycles. The number of benzene rings is 1. The number of thiophene rings is 1.